The molecule has 0 bridgehead atoms. The lowest BCUT2D eigenvalue weighted by Crippen LogP contribution is -2.43. The van der Waals surface area contributed by atoms with Crippen molar-refractivity contribution in [3.63, 3.8) is 0 Å². The van der Waals surface area contributed by atoms with Crippen LogP contribution in [0.15, 0.2) is 41.2 Å². The maximum atomic E-state index is 13.5. The monoisotopic (exact) mass is 480 g/mol. The molecule has 1 aliphatic rings. The largest absolute Gasteiger partial charge is 0.496 e. The summed E-state index contributed by atoms with van der Waals surface area (Å²) in [5, 5.41) is 8.84. The number of ether oxygens (including phenoxy) is 2. The van der Waals surface area contributed by atoms with E-state index < -0.39 is 0 Å². The van der Waals surface area contributed by atoms with Crippen molar-refractivity contribution in [2.75, 3.05) is 14.2 Å². The van der Waals surface area contributed by atoms with Crippen molar-refractivity contribution in [3.8, 4) is 38.9 Å². The molecule has 0 unspecified atom stereocenters. The van der Waals surface area contributed by atoms with Crippen LogP contribution >= 0.6 is 22.9 Å². The van der Waals surface area contributed by atoms with E-state index in [0.717, 1.165) is 32.9 Å². The van der Waals surface area contributed by atoms with E-state index in [-0.39, 0.29) is 18.1 Å². The van der Waals surface area contributed by atoms with Gasteiger partial charge in [-0.15, -0.1) is 0 Å². The van der Waals surface area contributed by atoms with Gasteiger partial charge in [0.2, 0.25) is 0 Å². The van der Waals surface area contributed by atoms with Crippen molar-refractivity contribution < 1.29 is 14.3 Å². The van der Waals surface area contributed by atoms with Crippen LogP contribution in [-0.4, -0.2) is 44.7 Å². The van der Waals surface area contributed by atoms with Crippen LogP contribution in [0, 0.1) is 0 Å². The number of rotatable bonds is 4. The Hall–Kier alpha value is -3.17. The summed E-state index contributed by atoms with van der Waals surface area (Å²) in [6, 6.07) is 7.92. The van der Waals surface area contributed by atoms with Crippen LogP contribution in [0.4, 0.5) is 0 Å². The summed E-state index contributed by atoms with van der Waals surface area (Å²) in [5.74, 6) is 1.29. The van der Waals surface area contributed by atoms with Gasteiger partial charge in [0.25, 0.3) is 5.91 Å². The summed E-state index contributed by atoms with van der Waals surface area (Å²) in [7, 11) is 3.46. The lowest BCUT2D eigenvalue weighted by molar-refractivity contribution is 0.0646. The Bertz CT molecular complexity index is 1320. The Balaban J connectivity index is 1.75. The van der Waals surface area contributed by atoms with Crippen LogP contribution in [0.25, 0.3) is 27.4 Å². The second-order valence-electron chi connectivity index (χ2n) is 8.82. The van der Waals surface area contributed by atoms with Crippen LogP contribution in [0.2, 0.25) is 0 Å². The number of hydrogen-bond donors (Lipinski definition) is 0. The molecule has 0 aliphatic carbocycles. The van der Waals surface area contributed by atoms with Gasteiger partial charge in [-0.2, -0.15) is 16.4 Å². The molecule has 5 rings (SSSR count). The van der Waals surface area contributed by atoms with E-state index in [1.54, 1.807) is 29.5 Å². The first kappa shape index (κ1) is 21.7. The molecule has 0 saturated carbocycles. The maximum absolute atomic E-state index is 13.5. The topological polar surface area (TPSA) is 69.5 Å². The maximum Gasteiger partial charge on any atom is 0.274 e. The minimum atomic E-state index is -0.337. The van der Waals surface area contributed by atoms with Crippen molar-refractivity contribution >= 4 is 28.8 Å². The molecule has 0 atom stereocenters. The number of methoxy groups -OCH3 is 1. The summed E-state index contributed by atoms with van der Waals surface area (Å²) >= 11 is 2.99. The van der Waals surface area contributed by atoms with Crippen LogP contribution in [0.1, 0.15) is 36.8 Å². The molecule has 0 fully saturated rings. The predicted molar refractivity (Wildman–Crippen MR) is 131 cm³/mol. The molecule has 4 aromatic rings. The second kappa shape index (κ2) is 8.00. The molecule has 9 heteroatoms. The predicted octanol–water partition coefficient (Wildman–Crippen LogP) is 5.50. The number of fused-ring (bicyclic) bond motifs is 3. The summed E-state index contributed by atoms with van der Waals surface area (Å²) in [6.45, 7) is 6.28. The molecule has 0 radical (unpaired) electrons. The normalized spacial score (nSPS) is 12.6. The smallest absolute Gasteiger partial charge is 0.274 e. The molecular weight excluding hydrogens is 456 g/mol. The van der Waals surface area contributed by atoms with Crippen LogP contribution in [0.5, 0.6) is 11.5 Å². The van der Waals surface area contributed by atoms with Crippen LogP contribution in [-0.2, 0) is 6.61 Å². The van der Waals surface area contributed by atoms with E-state index in [0.29, 0.717) is 17.2 Å². The third kappa shape index (κ3) is 3.61. The number of carbonyl (C=O) groups is 1. The number of amides is 1. The highest BCUT2D eigenvalue weighted by atomic mass is 32.1. The zero-order valence-corrected chi connectivity index (χ0v) is 20.7. The summed E-state index contributed by atoms with van der Waals surface area (Å²) < 4.78 is 17.9. The van der Waals surface area contributed by atoms with Crippen molar-refractivity contribution in [3.05, 3.63) is 52.5 Å². The second-order valence-corrected chi connectivity index (χ2v) is 10.4. The third-order valence-corrected chi connectivity index (χ3v) is 7.33. The third-order valence-electron chi connectivity index (χ3n) is 5.88. The molecule has 1 aliphatic heterocycles. The van der Waals surface area contributed by atoms with Gasteiger partial charge in [0.1, 0.15) is 18.1 Å². The number of aromatic nitrogens is 3. The SMILES string of the molecule is COc1cc2c(cc1-c1ccns1)-c1c(c(C(=O)N(C)C(C)(C)C)nn1-c1ccsc1)CO2. The van der Waals surface area contributed by atoms with Crippen molar-refractivity contribution in [2.24, 2.45) is 0 Å². The average Bonchev–Trinajstić information content (AvgIpc) is 3.56. The molecule has 33 heavy (non-hydrogen) atoms. The van der Waals surface area contributed by atoms with Crippen LogP contribution in [0.3, 0.4) is 0 Å². The zero-order valence-electron chi connectivity index (χ0n) is 19.1. The summed E-state index contributed by atoms with van der Waals surface area (Å²) in [5.41, 5.74) is 4.44. The molecule has 0 N–H and O–H groups in total. The number of hydrogen-bond acceptors (Lipinski definition) is 7. The van der Waals surface area contributed by atoms with Crippen LogP contribution < -0.4 is 9.47 Å². The molecular formula is C24H24N4O3S2. The van der Waals surface area contributed by atoms with Gasteiger partial charge < -0.3 is 14.4 Å². The molecule has 0 spiro atoms. The lowest BCUT2D eigenvalue weighted by Gasteiger charge is -2.31. The number of benzene rings is 1. The van der Waals surface area contributed by atoms with Crippen molar-refractivity contribution in [1.29, 1.82) is 0 Å². The fourth-order valence-electron chi connectivity index (χ4n) is 3.80. The number of nitrogens with zero attached hydrogens (tertiary/aromatic N) is 4. The molecule has 1 amide bonds. The quantitative estimate of drug-likeness (QED) is 0.386. The van der Waals surface area contributed by atoms with Crippen molar-refractivity contribution in [1.82, 2.24) is 19.1 Å². The first-order chi connectivity index (χ1) is 15.8. The Kier molecular flexibility index (Phi) is 5.25. The van der Waals surface area contributed by atoms with Gasteiger partial charge in [-0.25, -0.2) is 9.06 Å². The minimum Gasteiger partial charge on any atom is -0.496 e. The zero-order chi connectivity index (χ0) is 23.3. The molecule has 170 valence electrons. The fourth-order valence-corrected chi connectivity index (χ4v) is 5.02. The Morgan fingerprint density at radius 1 is 1.24 bits per heavy atom. The summed E-state index contributed by atoms with van der Waals surface area (Å²) in [4.78, 5) is 16.2. The number of thiophene rings is 1. The fraction of sp³-hybridized carbons (Fsp3) is 0.292. The molecule has 0 saturated heterocycles. The van der Waals surface area contributed by atoms with Gasteiger partial charge in [-0.3, -0.25) is 4.79 Å². The first-order valence-corrected chi connectivity index (χ1v) is 12.2. The van der Waals surface area contributed by atoms with E-state index in [1.165, 1.54) is 11.5 Å². The molecule has 7 nitrogen and oxygen atoms in total. The molecule has 3 aromatic heterocycles. The summed E-state index contributed by atoms with van der Waals surface area (Å²) in [6.07, 6.45) is 1.77. The Labute approximate surface area is 200 Å². The standard InChI is InChI=1S/C24H24N4O3S2/c1-24(2,3)27(4)23(29)21-17-12-31-19-11-18(30-5)15(20-6-8-25-33-20)10-16(19)22(17)28(26-21)14-7-9-32-13-14/h6-11,13H,12H2,1-5H3. The number of carbonyl (C=O) groups excluding carboxylic acids is 1. The van der Waals surface area contributed by atoms with E-state index in [1.807, 2.05) is 67.5 Å². The van der Waals surface area contributed by atoms with Gasteiger partial charge in [0.15, 0.2) is 5.69 Å². The van der Waals surface area contributed by atoms with E-state index in [4.69, 9.17) is 14.6 Å². The average molecular weight is 481 g/mol. The van der Waals surface area contributed by atoms with Crippen molar-refractivity contribution in [2.45, 2.75) is 32.9 Å². The highest BCUT2D eigenvalue weighted by Gasteiger charge is 2.34. The lowest BCUT2D eigenvalue weighted by atomic mass is 9.98. The van der Waals surface area contributed by atoms with Gasteiger partial charge >= 0.3 is 0 Å². The van der Waals surface area contributed by atoms with Gasteiger partial charge in [0, 0.05) is 46.9 Å². The van der Waals surface area contributed by atoms with Gasteiger partial charge in [-0.05, 0) is 55.9 Å². The first-order valence-electron chi connectivity index (χ1n) is 10.5. The van der Waals surface area contributed by atoms with Gasteiger partial charge in [-0.1, -0.05) is 0 Å². The Morgan fingerprint density at radius 3 is 2.70 bits per heavy atom. The molecule has 4 heterocycles. The van der Waals surface area contributed by atoms with E-state index >= 15 is 0 Å². The minimum absolute atomic E-state index is 0.129. The van der Waals surface area contributed by atoms with E-state index in [2.05, 4.69) is 4.37 Å². The Morgan fingerprint density at radius 2 is 2.06 bits per heavy atom. The molecule has 1 aromatic carbocycles. The van der Waals surface area contributed by atoms with E-state index in [9.17, 15) is 4.79 Å². The highest BCUT2D eigenvalue weighted by molar-refractivity contribution is 7.09. The van der Waals surface area contributed by atoms with Gasteiger partial charge in [0.05, 0.1) is 23.4 Å². The highest BCUT2D eigenvalue weighted by Crippen LogP contribution is 2.46.